The summed E-state index contributed by atoms with van der Waals surface area (Å²) >= 11 is 0. The molecule has 0 spiro atoms. The van der Waals surface area contributed by atoms with Crippen molar-refractivity contribution in [1.82, 2.24) is 0 Å². The van der Waals surface area contributed by atoms with Gasteiger partial charge in [-0.3, -0.25) is 0 Å². The van der Waals surface area contributed by atoms with Crippen LogP contribution in [0.2, 0.25) is 0 Å². The molecule has 6 rings (SSSR count). The smallest absolute Gasteiger partial charge is 0.135 e. The fourth-order valence-electron chi connectivity index (χ4n) is 4.10. The van der Waals surface area contributed by atoms with Crippen LogP contribution >= 0.6 is 0 Å². The largest absolute Gasteiger partial charge is 0.456 e. The third-order valence-electron chi connectivity index (χ3n) is 5.25. The molecule has 1 heteroatoms. The number of hydrogen-bond donors (Lipinski definition) is 0. The van der Waals surface area contributed by atoms with Crippen molar-refractivity contribution in [3.05, 3.63) is 83.9 Å². The molecule has 0 saturated carbocycles. The van der Waals surface area contributed by atoms with Crippen LogP contribution in [0.1, 0.15) is 11.1 Å². The average molecular weight is 306 g/mol. The van der Waals surface area contributed by atoms with Gasteiger partial charge in [0.05, 0.1) is 0 Å². The molecule has 0 aliphatic heterocycles. The number of benzene rings is 4. The van der Waals surface area contributed by atoms with E-state index >= 15 is 0 Å². The molecule has 4 aromatic carbocycles. The lowest BCUT2D eigenvalue weighted by Gasteiger charge is -2.04. The van der Waals surface area contributed by atoms with E-state index in [1.165, 1.54) is 43.8 Å². The van der Waals surface area contributed by atoms with E-state index in [4.69, 9.17) is 4.42 Å². The SMILES string of the molecule is c1ccc2cc3c(cc2c1)Cc1cc2oc4ccccc4c2cc1-3. The Bertz CT molecular complexity index is 1270. The monoisotopic (exact) mass is 306 g/mol. The maximum Gasteiger partial charge on any atom is 0.135 e. The van der Waals surface area contributed by atoms with Gasteiger partial charge in [0.25, 0.3) is 0 Å². The van der Waals surface area contributed by atoms with Gasteiger partial charge >= 0.3 is 0 Å². The molecule has 0 saturated heterocycles. The molecule has 1 aliphatic carbocycles. The Hall–Kier alpha value is -3.06. The summed E-state index contributed by atoms with van der Waals surface area (Å²) in [5.41, 5.74) is 7.47. The lowest BCUT2D eigenvalue weighted by molar-refractivity contribution is 0.668. The molecule has 0 bridgehead atoms. The standard InChI is InChI=1S/C23H14O/c1-2-6-15-11-19-16(9-14(15)5-1)10-17-12-23-21(13-20(17)19)18-7-3-4-8-22(18)24-23/h1-9,11-13H,10H2. The highest BCUT2D eigenvalue weighted by molar-refractivity contribution is 6.07. The van der Waals surface area contributed by atoms with Crippen molar-refractivity contribution in [2.75, 3.05) is 0 Å². The normalized spacial score (nSPS) is 12.8. The maximum atomic E-state index is 6.05. The highest BCUT2D eigenvalue weighted by atomic mass is 16.3. The Labute approximate surface area is 139 Å². The second-order valence-electron chi connectivity index (χ2n) is 6.64. The van der Waals surface area contributed by atoms with Crippen LogP contribution in [-0.4, -0.2) is 0 Å². The van der Waals surface area contributed by atoms with E-state index in [0.29, 0.717) is 0 Å². The van der Waals surface area contributed by atoms with Gasteiger partial charge in [0.15, 0.2) is 0 Å². The van der Waals surface area contributed by atoms with Crippen molar-refractivity contribution in [3.63, 3.8) is 0 Å². The van der Waals surface area contributed by atoms with Gasteiger partial charge in [0.2, 0.25) is 0 Å². The number of para-hydroxylation sites is 1. The van der Waals surface area contributed by atoms with Crippen LogP contribution in [0.15, 0.2) is 77.2 Å². The summed E-state index contributed by atoms with van der Waals surface area (Å²) in [6.45, 7) is 0. The molecular formula is C23H14O. The second-order valence-corrected chi connectivity index (χ2v) is 6.64. The van der Waals surface area contributed by atoms with Gasteiger partial charge in [-0.05, 0) is 63.7 Å². The zero-order chi connectivity index (χ0) is 15.7. The minimum atomic E-state index is 0.968. The Kier molecular flexibility index (Phi) is 2.20. The Morgan fingerprint density at radius 2 is 1.29 bits per heavy atom. The van der Waals surface area contributed by atoms with Crippen LogP contribution in [-0.2, 0) is 6.42 Å². The summed E-state index contributed by atoms with van der Waals surface area (Å²) in [7, 11) is 0. The lowest BCUT2D eigenvalue weighted by Crippen LogP contribution is -1.81. The van der Waals surface area contributed by atoms with E-state index in [1.807, 2.05) is 12.1 Å². The summed E-state index contributed by atoms with van der Waals surface area (Å²) in [6, 6.07) is 26.1. The number of fused-ring (bicyclic) bond motifs is 7. The molecule has 0 atom stereocenters. The topological polar surface area (TPSA) is 13.1 Å². The first-order valence-electron chi connectivity index (χ1n) is 8.33. The van der Waals surface area contributed by atoms with Crippen LogP contribution in [0.5, 0.6) is 0 Å². The third kappa shape index (κ3) is 1.54. The molecule has 0 unspecified atom stereocenters. The van der Waals surface area contributed by atoms with Crippen LogP contribution in [0, 0.1) is 0 Å². The van der Waals surface area contributed by atoms with Gasteiger partial charge in [-0.1, -0.05) is 48.5 Å². The number of furan rings is 1. The van der Waals surface area contributed by atoms with Crippen LogP contribution in [0.25, 0.3) is 43.8 Å². The lowest BCUT2D eigenvalue weighted by atomic mass is 9.99. The van der Waals surface area contributed by atoms with Crippen molar-refractivity contribution in [2.24, 2.45) is 0 Å². The Morgan fingerprint density at radius 1 is 0.583 bits per heavy atom. The van der Waals surface area contributed by atoms with E-state index in [0.717, 1.165) is 17.6 Å². The molecule has 5 aromatic rings. The second kappa shape index (κ2) is 4.27. The van der Waals surface area contributed by atoms with Gasteiger partial charge in [-0.2, -0.15) is 0 Å². The Balaban J connectivity index is 1.70. The molecule has 1 heterocycles. The predicted octanol–water partition coefficient (Wildman–Crippen LogP) is 6.31. The zero-order valence-electron chi connectivity index (χ0n) is 13.0. The predicted molar refractivity (Wildman–Crippen MR) is 99.5 cm³/mol. The van der Waals surface area contributed by atoms with Crippen molar-refractivity contribution < 1.29 is 4.42 Å². The molecule has 24 heavy (non-hydrogen) atoms. The first kappa shape index (κ1) is 12.4. The minimum absolute atomic E-state index is 0.968. The molecule has 0 amide bonds. The van der Waals surface area contributed by atoms with Gasteiger partial charge in [0, 0.05) is 10.8 Å². The average Bonchev–Trinajstić information content (AvgIpc) is 3.14. The minimum Gasteiger partial charge on any atom is -0.456 e. The summed E-state index contributed by atoms with van der Waals surface area (Å²) in [4.78, 5) is 0. The molecule has 0 fully saturated rings. The van der Waals surface area contributed by atoms with Crippen molar-refractivity contribution in [2.45, 2.75) is 6.42 Å². The quantitative estimate of drug-likeness (QED) is 0.320. The Morgan fingerprint density at radius 3 is 2.21 bits per heavy atom. The van der Waals surface area contributed by atoms with Crippen LogP contribution in [0.3, 0.4) is 0 Å². The zero-order valence-corrected chi connectivity index (χ0v) is 13.0. The van der Waals surface area contributed by atoms with E-state index < -0.39 is 0 Å². The van der Waals surface area contributed by atoms with Gasteiger partial charge in [-0.15, -0.1) is 0 Å². The highest BCUT2D eigenvalue weighted by Gasteiger charge is 2.21. The molecular weight excluding hydrogens is 292 g/mol. The molecule has 0 N–H and O–H groups in total. The van der Waals surface area contributed by atoms with Gasteiger partial charge in [-0.25, -0.2) is 0 Å². The van der Waals surface area contributed by atoms with Gasteiger partial charge in [0.1, 0.15) is 11.2 Å². The molecule has 0 radical (unpaired) electrons. The fraction of sp³-hybridized carbons (Fsp3) is 0.0435. The number of rotatable bonds is 0. The van der Waals surface area contributed by atoms with E-state index in [-0.39, 0.29) is 0 Å². The summed E-state index contributed by atoms with van der Waals surface area (Å²) in [5, 5.41) is 5.04. The summed E-state index contributed by atoms with van der Waals surface area (Å²) in [5.74, 6) is 0. The first-order valence-corrected chi connectivity index (χ1v) is 8.33. The third-order valence-corrected chi connectivity index (χ3v) is 5.25. The molecule has 1 aromatic heterocycles. The maximum absolute atomic E-state index is 6.05. The van der Waals surface area contributed by atoms with Crippen molar-refractivity contribution in [3.8, 4) is 11.1 Å². The van der Waals surface area contributed by atoms with E-state index in [9.17, 15) is 0 Å². The molecule has 112 valence electrons. The summed E-state index contributed by atoms with van der Waals surface area (Å²) < 4.78 is 6.05. The van der Waals surface area contributed by atoms with Crippen LogP contribution in [0.4, 0.5) is 0 Å². The summed E-state index contributed by atoms with van der Waals surface area (Å²) in [6.07, 6.45) is 0.989. The van der Waals surface area contributed by atoms with Gasteiger partial charge < -0.3 is 4.42 Å². The van der Waals surface area contributed by atoms with E-state index in [1.54, 1.807) is 0 Å². The number of hydrogen-bond acceptors (Lipinski definition) is 1. The van der Waals surface area contributed by atoms with Crippen molar-refractivity contribution >= 4 is 32.7 Å². The fourth-order valence-corrected chi connectivity index (χ4v) is 4.10. The molecule has 1 nitrogen and oxygen atoms in total. The van der Waals surface area contributed by atoms with E-state index in [2.05, 4.69) is 60.7 Å². The highest BCUT2D eigenvalue weighted by Crippen LogP contribution is 2.42. The van der Waals surface area contributed by atoms with Crippen LogP contribution < -0.4 is 0 Å². The molecule has 1 aliphatic rings. The first-order chi connectivity index (χ1) is 11.9. The van der Waals surface area contributed by atoms with Crippen molar-refractivity contribution in [1.29, 1.82) is 0 Å².